The van der Waals surface area contributed by atoms with E-state index in [0.717, 1.165) is 5.56 Å². The summed E-state index contributed by atoms with van der Waals surface area (Å²) in [6.07, 6.45) is 3.76. The zero-order valence-electron chi connectivity index (χ0n) is 13.9. The highest BCUT2D eigenvalue weighted by molar-refractivity contribution is 6.29. The molecule has 0 saturated carbocycles. The number of nitrogens with zero attached hydrogens (tertiary/aromatic N) is 1. The molecule has 120 valence electrons. The van der Waals surface area contributed by atoms with Gasteiger partial charge in [0.2, 0.25) is 0 Å². The van der Waals surface area contributed by atoms with Gasteiger partial charge in [-0.3, -0.25) is 4.79 Å². The lowest BCUT2D eigenvalue weighted by Crippen LogP contribution is -2.11. The number of hydrogen-bond acceptors (Lipinski definition) is 2. The van der Waals surface area contributed by atoms with Gasteiger partial charge in [0.05, 0.1) is 11.9 Å². The van der Waals surface area contributed by atoms with Crippen molar-refractivity contribution in [2.75, 3.05) is 5.32 Å². The van der Waals surface area contributed by atoms with Crippen molar-refractivity contribution in [2.45, 2.75) is 27.7 Å². The molecule has 1 heterocycles. The van der Waals surface area contributed by atoms with Crippen LogP contribution in [-0.4, -0.2) is 10.9 Å². The molecule has 0 radical (unpaired) electrons. The van der Waals surface area contributed by atoms with Crippen molar-refractivity contribution in [2.24, 2.45) is 5.41 Å². The number of pyridine rings is 1. The number of hydrogen-bond donors (Lipinski definition) is 1. The smallest absolute Gasteiger partial charge is 0.255 e. The molecule has 0 aliphatic carbocycles. The maximum absolute atomic E-state index is 12.2. The third-order valence-corrected chi connectivity index (χ3v) is 3.46. The van der Waals surface area contributed by atoms with Gasteiger partial charge in [0.15, 0.2) is 0 Å². The fourth-order valence-electron chi connectivity index (χ4n) is 2.27. The highest BCUT2D eigenvalue weighted by Gasteiger charge is 2.09. The minimum atomic E-state index is -0.168. The van der Waals surface area contributed by atoms with Crippen molar-refractivity contribution < 1.29 is 4.79 Å². The van der Waals surface area contributed by atoms with Gasteiger partial charge in [-0.2, -0.15) is 0 Å². The van der Waals surface area contributed by atoms with Gasteiger partial charge in [-0.05, 0) is 47.7 Å². The number of rotatable bonds is 3. The van der Waals surface area contributed by atoms with Crippen LogP contribution >= 0.6 is 11.6 Å². The molecule has 0 fully saturated rings. The molecule has 1 aromatic heterocycles. The molecule has 1 amide bonds. The molecule has 4 heteroatoms. The quantitative estimate of drug-likeness (QED) is 0.762. The average Bonchev–Trinajstić information content (AvgIpc) is 2.48. The molecule has 1 N–H and O–H groups in total. The van der Waals surface area contributed by atoms with Crippen molar-refractivity contribution in [1.29, 1.82) is 0 Å². The lowest BCUT2D eigenvalue weighted by Gasteiger charge is -2.14. The minimum absolute atomic E-state index is 0.127. The highest BCUT2D eigenvalue weighted by Crippen LogP contribution is 2.23. The first-order valence-corrected chi connectivity index (χ1v) is 7.85. The summed E-state index contributed by atoms with van der Waals surface area (Å²) in [5.74, 6) is -0.168. The number of halogens is 1. The molecule has 2 rings (SSSR count). The Balaban J connectivity index is 2.11. The monoisotopic (exact) mass is 328 g/mol. The number of allylic oxidation sites excluding steroid dienone is 2. The molecule has 0 aliphatic rings. The highest BCUT2D eigenvalue weighted by atomic mass is 35.5. The van der Waals surface area contributed by atoms with Gasteiger partial charge in [-0.1, -0.05) is 50.6 Å². The first kappa shape index (κ1) is 17.2. The normalized spacial score (nSPS) is 12.1. The van der Waals surface area contributed by atoms with Crippen molar-refractivity contribution in [3.05, 3.63) is 65.0 Å². The molecule has 0 bridgehead atoms. The Hall–Kier alpha value is -2.13. The third-order valence-electron chi connectivity index (χ3n) is 3.24. The summed E-state index contributed by atoms with van der Waals surface area (Å²) in [5, 5.41) is 3.19. The van der Waals surface area contributed by atoms with Crippen LogP contribution in [0, 0.1) is 5.41 Å². The van der Waals surface area contributed by atoms with Gasteiger partial charge in [0.25, 0.3) is 5.91 Å². The van der Waals surface area contributed by atoms with Crippen molar-refractivity contribution in [3.8, 4) is 0 Å². The standard InChI is InChI=1S/C19H21ClN2O/c1-13(11-19(2,3)4)14-5-7-15(8-6-14)18(23)22-16-9-10-17(20)21-12-16/h5-12H,1-4H3,(H,22,23). The summed E-state index contributed by atoms with van der Waals surface area (Å²) < 4.78 is 0. The van der Waals surface area contributed by atoms with Crippen LogP contribution in [0.15, 0.2) is 48.7 Å². The van der Waals surface area contributed by atoms with E-state index in [0.29, 0.717) is 16.4 Å². The number of amides is 1. The molecule has 0 aliphatic heterocycles. The van der Waals surface area contributed by atoms with E-state index in [4.69, 9.17) is 11.6 Å². The van der Waals surface area contributed by atoms with E-state index in [-0.39, 0.29) is 11.3 Å². The Kier molecular flexibility index (Phi) is 5.22. The topological polar surface area (TPSA) is 42.0 Å². The summed E-state index contributed by atoms with van der Waals surface area (Å²) >= 11 is 5.73. The predicted molar refractivity (Wildman–Crippen MR) is 96.7 cm³/mol. The SMILES string of the molecule is CC(=CC(C)(C)C)c1ccc(C(=O)Nc2ccc(Cl)nc2)cc1. The predicted octanol–water partition coefficient (Wildman–Crippen LogP) is 5.44. The Labute approximate surface area is 142 Å². The maximum atomic E-state index is 12.2. The van der Waals surface area contributed by atoms with Gasteiger partial charge in [-0.15, -0.1) is 0 Å². The molecule has 3 nitrogen and oxygen atoms in total. The van der Waals surface area contributed by atoms with E-state index in [1.807, 2.05) is 24.3 Å². The van der Waals surface area contributed by atoms with Crippen molar-refractivity contribution in [3.63, 3.8) is 0 Å². The maximum Gasteiger partial charge on any atom is 0.255 e. The molecular formula is C19H21ClN2O. The second-order valence-electron chi connectivity index (χ2n) is 6.59. The molecule has 0 atom stereocenters. The van der Waals surface area contributed by atoms with Gasteiger partial charge in [-0.25, -0.2) is 4.98 Å². The number of benzene rings is 1. The van der Waals surface area contributed by atoms with Crippen LogP contribution in [0.2, 0.25) is 5.15 Å². The largest absolute Gasteiger partial charge is 0.321 e. The summed E-state index contributed by atoms with van der Waals surface area (Å²) in [7, 11) is 0. The summed E-state index contributed by atoms with van der Waals surface area (Å²) in [5.41, 5.74) is 3.66. The van der Waals surface area contributed by atoms with Crippen molar-refractivity contribution in [1.82, 2.24) is 4.98 Å². The number of carbonyl (C=O) groups excluding carboxylic acids is 1. The molecule has 1 aromatic carbocycles. The van der Waals surface area contributed by atoms with E-state index >= 15 is 0 Å². The number of anilines is 1. The van der Waals surface area contributed by atoms with Gasteiger partial charge < -0.3 is 5.32 Å². The van der Waals surface area contributed by atoms with E-state index in [1.54, 1.807) is 12.1 Å². The Morgan fingerprint density at radius 3 is 2.22 bits per heavy atom. The lowest BCUT2D eigenvalue weighted by molar-refractivity contribution is 0.102. The third kappa shape index (κ3) is 5.22. The van der Waals surface area contributed by atoms with Crippen LogP contribution in [0.4, 0.5) is 5.69 Å². The fraction of sp³-hybridized carbons (Fsp3) is 0.263. The Bertz CT molecular complexity index is 711. The van der Waals surface area contributed by atoms with Crippen LogP contribution in [0.1, 0.15) is 43.6 Å². The van der Waals surface area contributed by atoms with Crippen LogP contribution in [0.25, 0.3) is 5.57 Å². The Morgan fingerprint density at radius 1 is 1.09 bits per heavy atom. The minimum Gasteiger partial charge on any atom is -0.321 e. The molecule has 0 spiro atoms. The molecular weight excluding hydrogens is 308 g/mol. The first-order chi connectivity index (χ1) is 10.7. The number of carbonyl (C=O) groups is 1. The number of aromatic nitrogens is 1. The van der Waals surface area contributed by atoms with Crippen LogP contribution in [-0.2, 0) is 0 Å². The average molecular weight is 329 g/mol. The van der Waals surface area contributed by atoms with Crippen LogP contribution in [0.3, 0.4) is 0 Å². The number of nitrogens with one attached hydrogen (secondary N) is 1. The van der Waals surface area contributed by atoms with E-state index in [2.05, 4.69) is 44.1 Å². The first-order valence-electron chi connectivity index (χ1n) is 7.47. The molecule has 23 heavy (non-hydrogen) atoms. The zero-order valence-corrected chi connectivity index (χ0v) is 14.6. The second kappa shape index (κ2) is 6.97. The molecule has 0 unspecified atom stereocenters. The van der Waals surface area contributed by atoms with E-state index < -0.39 is 0 Å². The van der Waals surface area contributed by atoms with Crippen LogP contribution < -0.4 is 5.32 Å². The summed E-state index contributed by atoms with van der Waals surface area (Å²) in [6, 6.07) is 10.9. The Morgan fingerprint density at radius 2 is 1.70 bits per heavy atom. The van der Waals surface area contributed by atoms with Crippen molar-refractivity contribution >= 4 is 28.8 Å². The fourth-order valence-corrected chi connectivity index (χ4v) is 2.38. The molecule has 2 aromatic rings. The summed E-state index contributed by atoms with van der Waals surface area (Å²) in [6.45, 7) is 8.58. The van der Waals surface area contributed by atoms with Crippen LogP contribution in [0.5, 0.6) is 0 Å². The summed E-state index contributed by atoms with van der Waals surface area (Å²) in [4.78, 5) is 16.2. The van der Waals surface area contributed by atoms with E-state index in [9.17, 15) is 4.79 Å². The van der Waals surface area contributed by atoms with Gasteiger partial charge in [0.1, 0.15) is 5.15 Å². The zero-order chi connectivity index (χ0) is 17.0. The lowest BCUT2D eigenvalue weighted by atomic mass is 9.91. The molecule has 0 saturated heterocycles. The van der Waals surface area contributed by atoms with Gasteiger partial charge in [0, 0.05) is 5.56 Å². The second-order valence-corrected chi connectivity index (χ2v) is 6.98. The van der Waals surface area contributed by atoms with E-state index in [1.165, 1.54) is 11.8 Å². The van der Waals surface area contributed by atoms with Gasteiger partial charge >= 0.3 is 0 Å².